The SMILES string of the molecule is CCCn1c(=O)n(C)c(=O)c2c(SC(C)C(=O)N3CCNC3=O)nc(C(C)C)nc21. The van der Waals surface area contributed by atoms with Crippen LogP contribution in [0.5, 0.6) is 0 Å². The molecule has 0 spiro atoms. The number of urea groups is 1. The summed E-state index contributed by atoms with van der Waals surface area (Å²) in [5.41, 5.74) is -0.653. The van der Waals surface area contributed by atoms with E-state index in [0.717, 1.165) is 21.2 Å². The lowest BCUT2D eigenvalue weighted by atomic mass is 10.2. The van der Waals surface area contributed by atoms with Gasteiger partial charge in [0.25, 0.3) is 5.56 Å². The van der Waals surface area contributed by atoms with Gasteiger partial charge in [0, 0.05) is 32.6 Å². The van der Waals surface area contributed by atoms with E-state index in [1.54, 1.807) is 6.92 Å². The fourth-order valence-electron chi connectivity index (χ4n) is 3.24. The van der Waals surface area contributed by atoms with Gasteiger partial charge in [-0.3, -0.25) is 23.6 Å². The van der Waals surface area contributed by atoms with Gasteiger partial charge >= 0.3 is 11.7 Å². The lowest BCUT2D eigenvalue weighted by Gasteiger charge is -2.19. The van der Waals surface area contributed by atoms with Crippen molar-refractivity contribution in [3.05, 3.63) is 26.7 Å². The van der Waals surface area contributed by atoms with Crippen molar-refractivity contribution in [3.63, 3.8) is 0 Å². The predicted octanol–water partition coefficient (Wildman–Crippen LogP) is 1.06. The lowest BCUT2D eigenvalue weighted by molar-refractivity contribution is -0.126. The van der Waals surface area contributed by atoms with Gasteiger partial charge < -0.3 is 5.32 Å². The molecule has 2 aromatic heterocycles. The Morgan fingerprint density at radius 1 is 1.20 bits per heavy atom. The fourth-order valence-corrected chi connectivity index (χ4v) is 4.25. The van der Waals surface area contributed by atoms with Crippen LogP contribution in [0.25, 0.3) is 11.0 Å². The molecule has 1 N–H and O–H groups in total. The number of rotatable bonds is 6. The highest BCUT2D eigenvalue weighted by Crippen LogP contribution is 2.29. The van der Waals surface area contributed by atoms with Crippen molar-refractivity contribution in [3.8, 4) is 0 Å². The summed E-state index contributed by atoms with van der Waals surface area (Å²) in [7, 11) is 1.42. The molecule has 1 unspecified atom stereocenters. The van der Waals surface area contributed by atoms with Crippen LogP contribution in [-0.4, -0.2) is 54.3 Å². The first kappa shape index (κ1) is 22.0. The average Bonchev–Trinajstić information content (AvgIpc) is 3.14. The number of nitrogens with zero attached hydrogens (tertiary/aromatic N) is 5. The van der Waals surface area contributed by atoms with Crippen molar-refractivity contribution in [1.82, 2.24) is 29.3 Å². The van der Waals surface area contributed by atoms with Crippen LogP contribution in [0.1, 0.15) is 45.9 Å². The van der Waals surface area contributed by atoms with E-state index in [9.17, 15) is 19.2 Å². The second kappa shape index (κ2) is 8.58. The van der Waals surface area contributed by atoms with Crippen molar-refractivity contribution in [2.75, 3.05) is 13.1 Å². The molecular weight excluding hydrogens is 408 g/mol. The molecule has 3 amide bonds. The number of thioether (sulfide) groups is 1. The molecule has 1 saturated heterocycles. The van der Waals surface area contributed by atoms with E-state index in [2.05, 4.69) is 15.3 Å². The number of amides is 3. The summed E-state index contributed by atoms with van der Waals surface area (Å²) < 4.78 is 2.52. The predicted molar refractivity (Wildman–Crippen MR) is 114 cm³/mol. The average molecular weight is 435 g/mol. The van der Waals surface area contributed by atoms with Gasteiger partial charge in [-0.25, -0.2) is 19.6 Å². The van der Waals surface area contributed by atoms with Crippen LogP contribution in [0, 0.1) is 0 Å². The third-order valence-corrected chi connectivity index (χ3v) is 5.96. The minimum atomic E-state index is -0.650. The highest BCUT2D eigenvalue weighted by molar-refractivity contribution is 8.00. The van der Waals surface area contributed by atoms with E-state index in [0.29, 0.717) is 36.9 Å². The van der Waals surface area contributed by atoms with Gasteiger partial charge in [-0.15, -0.1) is 0 Å². The van der Waals surface area contributed by atoms with Crippen molar-refractivity contribution in [1.29, 1.82) is 0 Å². The summed E-state index contributed by atoms with van der Waals surface area (Å²) in [6.45, 7) is 8.58. The number of hydrogen-bond donors (Lipinski definition) is 1. The number of carbonyl (C=O) groups is 2. The minimum Gasteiger partial charge on any atom is -0.336 e. The Balaban J connectivity index is 2.17. The topological polar surface area (TPSA) is 119 Å². The fraction of sp³-hybridized carbons (Fsp3) is 0.579. The van der Waals surface area contributed by atoms with Gasteiger partial charge in [-0.1, -0.05) is 32.5 Å². The first-order valence-corrected chi connectivity index (χ1v) is 10.8. The summed E-state index contributed by atoms with van der Waals surface area (Å²) in [4.78, 5) is 60.5. The highest BCUT2D eigenvalue weighted by atomic mass is 32.2. The Morgan fingerprint density at radius 2 is 1.90 bits per heavy atom. The van der Waals surface area contributed by atoms with Crippen molar-refractivity contribution < 1.29 is 9.59 Å². The standard InChI is InChI=1S/C19H26N6O4S/c1-6-8-24-14-12(17(27)23(5)19(24)29)15(22-13(21-14)10(2)3)30-11(4)16(26)25-9-7-20-18(25)28/h10-11H,6-9H2,1-5H3,(H,20,28). The second-order valence-electron chi connectivity index (χ2n) is 7.52. The zero-order chi connectivity index (χ0) is 22.2. The molecule has 1 aliphatic heterocycles. The molecule has 3 heterocycles. The third kappa shape index (κ3) is 3.85. The Kier molecular flexibility index (Phi) is 6.30. The van der Waals surface area contributed by atoms with Crippen molar-refractivity contribution in [2.24, 2.45) is 7.05 Å². The number of hydrogen-bond acceptors (Lipinski definition) is 7. The number of imide groups is 1. The smallest absolute Gasteiger partial charge is 0.332 e. The quantitative estimate of drug-likeness (QED) is 0.533. The molecule has 1 atom stereocenters. The zero-order valence-electron chi connectivity index (χ0n) is 17.8. The van der Waals surface area contributed by atoms with Gasteiger partial charge in [0.2, 0.25) is 5.91 Å². The van der Waals surface area contributed by atoms with Crippen molar-refractivity contribution in [2.45, 2.75) is 56.9 Å². The molecule has 1 fully saturated rings. The molecule has 2 aromatic rings. The summed E-state index contributed by atoms with van der Waals surface area (Å²) in [5.74, 6) is 0.0889. The molecule has 11 heteroatoms. The molecule has 1 aliphatic rings. The molecule has 0 bridgehead atoms. The molecule has 10 nitrogen and oxygen atoms in total. The van der Waals surface area contributed by atoms with Crippen LogP contribution >= 0.6 is 11.8 Å². The number of carbonyl (C=O) groups excluding carboxylic acids is 2. The summed E-state index contributed by atoms with van der Waals surface area (Å²) >= 11 is 1.11. The van der Waals surface area contributed by atoms with E-state index in [-0.39, 0.29) is 22.9 Å². The third-order valence-electron chi connectivity index (χ3n) is 4.89. The zero-order valence-corrected chi connectivity index (χ0v) is 18.6. The number of aryl methyl sites for hydroxylation is 1. The van der Waals surface area contributed by atoms with Crippen LogP contribution in [-0.2, 0) is 18.4 Å². The second-order valence-corrected chi connectivity index (χ2v) is 8.85. The summed E-state index contributed by atoms with van der Waals surface area (Å²) in [5, 5.41) is 2.51. The highest BCUT2D eigenvalue weighted by Gasteiger charge is 2.31. The maximum atomic E-state index is 13.0. The number of nitrogens with one attached hydrogen (secondary N) is 1. The maximum absolute atomic E-state index is 13.0. The van der Waals surface area contributed by atoms with Gasteiger partial charge in [0.1, 0.15) is 16.2 Å². The Morgan fingerprint density at radius 3 is 2.47 bits per heavy atom. The van der Waals surface area contributed by atoms with Crippen LogP contribution in [0.3, 0.4) is 0 Å². The first-order valence-electron chi connectivity index (χ1n) is 9.94. The largest absolute Gasteiger partial charge is 0.336 e. The lowest BCUT2D eigenvalue weighted by Crippen LogP contribution is -2.40. The van der Waals surface area contributed by atoms with E-state index < -0.39 is 22.5 Å². The first-order chi connectivity index (χ1) is 14.2. The Bertz CT molecular complexity index is 1120. The maximum Gasteiger partial charge on any atom is 0.332 e. The minimum absolute atomic E-state index is 0.0432. The van der Waals surface area contributed by atoms with E-state index in [4.69, 9.17) is 0 Å². The molecule has 0 radical (unpaired) electrons. The van der Waals surface area contributed by atoms with E-state index >= 15 is 0 Å². The van der Waals surface area contributed by atoms with Gasteiger partial charge in [-0.05, 0) is 13.3 Å². The van der Waals surface area contributed by atoms with Crippen LogP contribution in [0.2, 0.25) is 0 Å². The summed E-state index contributed by atoms with van der Waals surface area (Å²) in [6, 6.07) is -0.421. The molecule has 0 aliphatic carbocycles. The molecule has 3 rings (SSSR count). The Labute approximate surface area is 177 Å². The summed E-state index contributed by atoms with van der Waals surface area (Å²) in [6.07, 6.45) is 0.690. The molecular formula is C19H26N6O4S. The van der Waals surface area contributed by atoms with Crippen LogP contribution < -0.4 is 16.6 Å². The van der Waals surface area contributed by atoms with E-state index in [1.165, 1.54) is 11.6 Å². The van der Waals surface area contributed by atoms with Gasteiger partial charge in [0.05, 0.1) is 5.25 Å². The monoisotopic (exact) mass is 434 g/mol. The number of aromatic nitrogens is 4. The molecule has 30 heavy (non-hydrogen) atoms. The molecule has 0 saturated carbocycles. The number of fused-ring (bicyclic) bond motifs is 1. The molecule has 0 aromatic carbocycles. The van der Waals surface area contributed by atoms with Crippen LogP contribution in [0.15, 0.2) is 14.6 Å². The van der Waals surface area contributed by atoms with Gasteiger partial charge in [-0.2, -0.15) is 0 Å². The molecule has 162 valence electrons. The normalized spacial score (nSPS) is 15.1. The van der Waals surface area contributed by atoms with E-state index in [1.807, 2.05) is 20.8 Å². The van der Waals surface area contributed by atoms with Crippen LogP contribution in [0.4, 0.5) is 4.79 Å². The van der Waals surface area contributed by atoms with Gasteiger partial charge in [0.15, 0.2) is 5.65 Å². The van der Waals surface area contributed by atoms with Crippen molar-refractivity contribution >= 4 is 34.7 Å². The Hall–Kier alpha value is -2.69.